The highest BCUT2D eigenvalue weighted by Crippen LogP contribution is 2.31. The van der Waals surface area contributed by atoms with Gasteiger partial charge in [-0.1, -0.05) is 19.3 Å². The first-order valence-electron chi connectivity index (χ1n) is 5.93. The first-order chi connectivity index (χ1) is 9.29. The molecule has 2 nitrogen and oxygen atoms in total. The van der Waals surface area contributed by atoms with Gasteiger partial charge in [0.05, 0.1) is 17.2 Å². The van der Waals surface area contributed by atoms with Gasteiger partial charge in [-0.25, -0.2) is 0 Å². The Morgan fingerprint density at radius 2 is 2.15 bits per heavy atom. The Morgan fingerprint density at radius 3 is 2.65 bits per heavy atom. The summed E-state index contributed by atoms with van der Waals surface area (Å²) in [5.41, 5.74) is -0.963. The highest BCUT2D eigenvalue weighted by Gasteiger charge is 2.31. The van der Waals surface area contributed by atoms with Crippen molar-refractivity contribution >= 4 is 21.8 Å². The van der Waals surface area contributed by atoms with E-state index in [2.05, 4.69) is 27.2 Å². The van der Waals surface area contributed by atoms with Crippen molar-refractivity contribution in [3.05, 3.63) is 33.8 Å². The maximum absolute atomic E-state index is 12.6. The van der Waals surface area contributed by atoms with Crippen LogP contribution in [0.2, 0.25) is 0 Å². The van der Waals surface area contributed by atoms with Gasteiger partial charge >= 0.3 is 6.18 Å². The Morgan fingerprint density at radius 1 is 1.50 bits per heavy atom. The molecular weight excluding hydrogens is 335 g/mol. The summed E-state index contributed by atoms with van der Waals surface area (Å²) in [7, 11) is 0. The fraction of sp³-hybridized carbons (Fsp3) is 0.357. The summed E-state index contributed by atoms with van der Waals surface area (Å²) in [6, 6.07) is 2.42. The zero-order valence-corrected chi connectivity index (χ0v) is 12.3. The highest BCUT2D eigenvalue weighted by atomic mass is 79.9. The number of carbonyl (C=O) groups is 1. The predicted molar refractivity (Wildman–Crippen MR) is 74.1 cm³/mol. The van der Waals surface area contributed by atoms with Gasteiger partial charge in [-0.15, -0.1) is 6.42 Å². The third-order valence-corrected chi connectivity index (χ3v) is 3.31. The second-order valence-corrected chi connectivity index (χ2v) is 5.03. The normalized spacial score (nSPS) is 12.6. The average molecular weight is 348 g/mol. The van der Waals surface area contributed by atoms with E-state index in [1.165, 1.54) is 6.07 Å². The summed E-state index contributed by atoms with van der Waals surface area (Å²) >= 11 is 3.07. The number of nitrogens with one attached hydrogen (secondary N) is 1. The maximum Gasteiger partial charge on any atom is 0.416 e. The van der Waals surface area contributed by atoms with Crippen LogP contribution in [0.3, 0.4) is 0 Å². The molecule has 1 rings (SSSR count). The smallest absolute Gasteiger partial charge is 0.338 e. The van der Waals surface area contributed by atoms with E-state index in [0.717, 1.165) is 18.6 Å². The summed E-state index contributed by atoms with van der Waals surface area (Å²) in [6.07, 6.45) is 2.10. The van der Waals surface area contributed by atoms with Crippen LogP contribution in [0.5, 0.6) is 0 Å². The van der Waals surface area contributed by atoms with Crippen LogP contribution in [0, 0.1) is 12.3 Å². The van der Waals surface area contributed by atoms with Crippen LogP contribution in [0.1, 0.15) is 35.7 Å². The van der Waals surface area contributed by atoms with E-state index in [9.17, 15) is 18.0 Å². The van der Waals surface area contributed by atoms with Crippen LogP contribution in [0.4, 0.5) is 13.2 Å². The van der Waals surface area contributed by atoms with Gasteiger partial charge in [0.1, 0.15) is 0 Å². The molecule has 0 aromatic heterocycles. The van der Waals surface area contributed by atoms with Gasteiger partial charge in [0.15, 0.2) is 0 Å². The molecular formula is C14H13BrF3NO. The minimum Gasteiger partial charge on any atom is -0.338 e. The quantitative estimate of drug-likeness (QED) is 0.819. The monoisotopic (exact) mass is 347 g/mol. The van der Waals surface area contributed by atoms with Gasteiger partial charge in [0, 0.05) is 4.47 Å². The van der Waals surface area contributed by atoms with Gasteiger partial charge in [-0.3, -0.25) is 4.79 Å². The minimum absolute atomic E-state index is 0.0869. The number of benzene rings is 1. The molecule has 0 radical (unpaired) electrons. The standard InChI is InChI=1S/C14H13BrF3NO/c1-3-5-10(4-2)19-13(20)11-8-9(14(16,17)18)6-7-12(11)15/h2,6-8,10H,3,5H2,1H3,(H,19,20). The third kappa shape index (κ3) is 4.27. The van der Waals surface area contributed by atoms with Crippen molar-refractivity contribution in [3.8, 4) is 12.3 Å². The molecule has 1 amide bonds. The van der Waals surface area contributed by atoms with Gasteiger partial charge in [-0.05, 0) is 40.5 Å². The van der Waals surface area contributed by atoms with E-state index >= 15 is 0 Å². The highest BCUT2D eigenvalue weighted by molar-refractivity contribution is 9.10. The van der Waals surface area contributed by atoms with Crippen molar-refractivity contribution in [1.82, 2.24) is 5.32 Å². The molecule has 20 heavy (non-hydrogen) atoms. The number of amides is 1. The van der Waals surface area contributed by atoms with Crippen LogP contribution < -0.4 is 5.32 Å². The number of halogens is 4. The topological polar surface area (TPSA) is 29.1 Å². The van der Waals surface area contributed by atoms with Crippen molar-refractivity contribution in [2.24, 2.45) is 0 Å². The zero-order chi connectivity index (χ0) is 15.3. The SMILES string of the molecule is C#CC(CCC)NC(=O)c1cc(C(F)(F)F)ccc1Br. The molecule has 0 aliphatic carbocycles. The van der Waals surface area contributed by atoms with Crippen molar-refractivity contribution in [2.45, 2.75) is 32.0 Å². The Hall–Kier alpha value is -1.48. The van der Waals surface area contributed by atoms with Gasteiger partial charge in [-0.2, -0.15) is 13.2 Å². The number of alkyl halides is 3. The number of carbonyl (C=O) groups excluding carboxylic acids is 1. The van der Waals surface area contributed by atoms with Crippen molar-refractivity contribution in [1.29, 1.82) is 0 Å². The number of terminal acetylenes is 1. The lowest BCUT2D eigenvalue weighted by atomic mass is 10.1. The van der Waals surface area contributed by atoms with Crippen molar-refractivity contribution in [2.75, 3.05) is 0 Å². The molecule has 1 aromatic carbocycles. The zero-order valence-electron chi connectivity index (χ0n) is 10.7. The van der Waals surface area contributed by atoms with E-state index in [4.69, 9.17) is 6.42 Å². The number of hydrogen-bond donors (Lipinski definition) is 1. The molecule has 0 bridgehead atoms. The van der Waals surface area contributed by atoms with Gasteiger partial charge < -0.3 is 5.32 Å². The average Bonchev–Trinajstić information content (AvgIpc) is 2.37. The molecule has 108 valence electrons. The molecule has 0 heterocycles. The van der Waals surface area contributed by atoms with Crippen molar-refractivity contribution in [3.63, 3.8) is 0 Å². The molecule has 6 heteroatoms. The first-order valence-corrected chi connectivity index (χ1v) is 6.72. The van der Waals surface area contributed by atoms with E-state index in [0.29, 0.717) is 6.42 Å². The fourth-order valence-corrected chi connectivity index (χ4v) is 2.02. The van der Waals surface area contributed by atoms with Crippen LogP contribution in [0.25, 0.3) is 0 Å². The van der Waals surface area contributed by atoms with Crippen LogP contribution in [-0.4, -0.2) is 11.9 Å². The Bertz CT molecular complexity index is 534. The second kappa shape index (κ2) is 6.80. The summed E-state index contributed by atoms with van der Waals surface area (Å²) < 4.78 is 38.2. The molecule has 1 N–H and O–H groups in total. The molecule has 0 spiro atoms. The van der Waals surface area contributed by atoms with E-state index in [1.54, 1.807) is 0 Å². The molecule has 1 aromatic rings. The van der Waals surface area contributed by atoms with Crippen LogP contribution >= 0.6 is 15.9 Å². The second-order valence-electron chi connectivity index (χ2n) is 4.17. The molecule has 0 fully saturated rings. The van der Waals surface area contributed by atoms with E-state index < -0.39 is 23.7 Å². The molecule has 0 aliphatic heterocycles. The summed E-state index contributed by atoms with van der Waals surface area (Å²) in [4.78, 5) is 12.0. The van der Waals surface area contributed by atoms with E-state index in [1.807, 2.05) is 6.92 Å². The maximum atomic E-state index is 12.6. The van der Waals surface area contributed by atoms with Crippen LogP contribution in [-0.2, 0) is 6.18 Å². The van der Waals surface area contributed by atoms with Gasteiger partial charge in [0.2, 0.25) is 0 Å². The third-order valence-electron chi connectivity index (χ3n) is 2.62. The molecule has 0 saturated heterocycles. The minimum atomic E-state index is -4.50. The summed E-state index contributed by atoms with van der Waals surface area (Å²) in [6.45, 7) is 1.90. The molecule has 1 atom stereocenters. The lowest BCUT2D eigenvalue weighted by Crippen LogP contribution is -2.34. The van der Waals surface area contributed by atoms with Crippen LogP contribution in [0.15, 0.2) is 22.7 Å². The lowest BCUT2D eigenvalue weighted by molar-refractivity contribution is -0.137. The largest absolute Gasteiger partial charge is 0.416 e. The Labute approximate surface area is 123 Å². The molecule has 1 unspecified atom stereocenters. The number of hydrogen-bond acceptors (Lipinski definition) is 1. The Kier molecular flexibility index (Phi) is 5.63. The molecule has 0 aliphatic rings. The van der Waals surface area contributed by atoms with Crippen molar-refractivity contribution < 1.29 is 18.0 Å². The predicted octanol–water partition coefficient (Wildman–Crippen LogP) is 4.00. The number of rotatable bonds is 4. The lowest BCUT2D eigenvalue weighted by Gasteiger charge is -2.14. The summed E-state index contributed by atoms with van der Waals surface area (Å²) in [5.74, 6) is 1.77. The Balaban J connectivity index is 3.01. The van der Waals surface area contributed by atoms with E-state index in [-0.39, 0.29) is 10.0 Å². The fourth-order valence-electron chi connectivity index (χ4n) is 1.60. The molecule has 0 saturated carbocycles. The first kappa shape index (κ1) is 16.6. The van der Waals surface area contributed by atoms with Gasteiger partial charge in [0.25, 0.3) is 5.91 Å². The summed E-state index contributed by atoms with van der Waals surface area (Å²) in [5, 5.41) is 2.53.